The van der Waals surface area contributed by atoms with E-state index in [2.05, 4.69) is 4.98 Å². The van der Waals surface area contributed by atoms with Gasteiger partial charge in [0, 0.05) is 17.8 Å². The molecule has 3 rings (SSSR count). The number of sulfonamides is 1. The van der Waals surface area contributed by atoms with Crippen molar-refractivity contribution >= 4 is 50.7 Å². The maximum atomic E-state index is 12.4. The van der Waals surface area contributed by atoms with Gasteiger partial charge in [0.2, 0.25) is 0 Å². The lowest BCUT2D eigenvalue weighted by molar-refractivity contribution is 0.0977. The Balaban J connectivity index is 1.79. The summed E-state index contributed by atoms with van der Waals surface area (Å²) in [5.41, 5.74) is 0.757. The van der Waals surface area contributed by atoms with E-state index in [1.54, 1.807) is 10.6 Å². The van der Waals surface area contributed by atoms with E-state index in [9.17, 15) is 13.2 Å². The Kier molecular flexibility index (Phi) is 5.76. The second-order valence-electron chi connectivity index (χ2n) is 5.51. The summed E-state index contributed by atoms with van der Waals surface area (Å²) in [5.74, 6) is -0.899. The third-order valence-corrected chi connectivity index (χ3v) is 6.25. The summed E-state index contributed by atoms with van der Waals surface area (Å²) >= 11 is 17.9. The molecule has 140 valence electrons. The van der Waals surface area contributed by atoms with Crippen LogP contribution in [0.25, 0.3) is 0 Å². The summed E-state index contributed by atoms with van der Waals surface area (Å²) in [6.45, 7) is 0.378. The summed E-state index contributed by atoms with van der Waals surface area (Å²) < 4.78 is 28.4. The van der Waals surface area contributed by atoms with Crippen LogP contribution in [0.4, 0.5) is 0 Å². The predicted molar refractivity (Wildman–Crippen MR) is 104 cm³/mol. The standard InChI is InChI=1S/C17H12Cl3N3O3S/c18-12-5-2-1-4-11(12)8-23-9-15(21-10-23)17(24)22-27(25,26)16-13(19)6-3-7-14(16)20/h1-7,9-10H,8H2,(H,22,24). The minimum atomic E-state index is -4.26. The number of imidazole rings is 1. The quantitative estimate of drug-likeness (QED) is 0.645. The number of nitrogens with zero attached hydrogens (tertiary/aromatic N) is 2. The fourth-order valence-corrected chi connectivity index (χ4v) is 4.65. The minimum absolute atomic E-state index is 0.0752. The Labute approximate surface area is 170 Å². The van der Waals surface area contributed by atoms with Crippen molar-refractivity contribution in [1.29, 1.82) is 0 Å². The topological polar surface area (TPSA) is 81.1 Å². The number of halogens is 3. The molecule has 6 nitrogen and oxygen atoms in total. The van der Waals surface area contributed by atoms with Gasteiger partial charge in [-0.1, -0.05) is 59.1 Å². The zero-order chi connectivity index (χ0) is 19.6. The predicted octanol–water partition coefficient (Wildman–Crippen LogP) is 4.01. The number of benzene rings is 2. The lowest BCUT2D eigenvalue weighted by atomic mass is 10.2. The van der Waals surface area contributed by atoms with Crippen LogP contribution in [-0.4, -0.2) is 23.9 Å². The number of aromatic nitrogens is 2. The zero-order valence-corrected chi connectivity index (χ0v) is 16.6. The van der Waals surface area contributed by atoms with Crippen LogP contribution >= 0.6 is 34.8 Å². The fourth-order valence-electron chi connectivity index (χ4n) is 2.35. The van der Waals surface area contributed by atoms with Crippen molar-refractivity contribution in [2.24, 2.45) is 0 Å². The molecule has 0 bridgehead atoms. The van der Waals surface area contributed by atoms with E-state index in [4.69, 9.17) is 34.8 Å². The Morgan fingerprint density at radius 1 is 1.00 bits per heavy atom. The number of rotatable bonds is 5. The SMILES string of the molecule is O=C(NS(=O)(=O)c1c(Cl)cccc1Cl)c1cn(Cc2ccccc2Cl)cn1. The minimum Gasteiger partial charge on any atom is -0.332 e. The molecule has 0 saturated heterocycles. The highest BCUT2D eigenvalue weighted by atomic mass is 35.5. The zero-order valence-electron chi connectivity index (χ0n) is 13.6. The Morgan fingerprint density at radius 3 is 2.30 bits per heavy atom. The van der Waals surface area contributed by atoms with E-state index in [0.29, 0.717) is 11.6 Å². The molecule has 3 aromatic rings. The molecule has 0 fully saturated rings. The number of hydrogen-bond donors (Lipinski definition) is 1. The molecule has 0 atom stereocenters. The highest BCUT2D eigenvalue weighted by Crippen LogP contribution is 2.28. The van der Waals surface area contributed by atoms with Crippen molar-refractivity contribution in [2.45, 2.75) is 11.4 Å². The van der Waals surface area contributed by atoms with E-state index >= 15 is 0 Å². The van der Waals surface area contributed by atoms with Crippen LogP contribution in [-0.2, 0) is 16.6 Å². The van der Waals surface area contributed by atoms with Gasteiger partial charge in [-0.3, -0.25) is 4.79 Å². The average molecular weight is 445 g/mol. The number of amides is 1. The monoisotopic (exact) mass is 443 g/mol. The van der Waals surface area contributed by atoms with Crippen LogP contribution in [0.3, 0.4) is 0 Å². The van der Waals surface area contributed by atoms with Crippen LogP contribution in [0.15, 0.2) is 59.9 Å². The van der Waals surface area contributed by atoms with E-state index in [-0.39, 0.29) is 20.6 Å². The van der Waals surface area contributed by atoms with Gasteiger partial charge >= 0.3 is 0 Å². The van der Waals surface area contributed by atoms with E-state index in [1.165, 1.54) is 30.7 Å². The molecule has 0 unspecified atom stereocenters. The average Bonchev–Trinajstić information content (AvgIpc) is 3.05. The van der Waals surface area contributed by atoms with Crippen LogP contribution in [0.2, 0.25) is 15.1 Å². The molecule has 2 aromatic carbocycles. The third-order valence-electron chi connectivity index (χ3n) is 3.59. The highest BCUT2D eigenvalue weighted by molar-refractivity contribution is 7.90. The van der Waals surface area contributed by atoms with Crippen LogP contribution < -0.4 is 4.72 Å². The molecule has 0 aliphatic carbocycles. The first-order chi connectivity index (χ1) is 12.8. The van der Waals surface area contributed by atoms with Gasteiger partial charge in [-0.15, -0.1) is 0 Å². The number of carbonyl (C=O) groups is 1. The molecule has 0 aliphatic rings. The van der Waals surface area contributed by atoms with E-state index in [1.807, 2.05) is 22.9 Å². The smallest absolute Gasteiger partial charge is 0.285 e. The number of hydrogen-bond acceptors (Lipinski definition) is 4. The normalized spacial score (nSPS) is 11.4. The van der Waals surface area contributed by atoms with Crippen molar-refractivity contribution in [1.82, 2.24) is 14.3 Å². The van der Waals surface area contributed by atoms with Crippen LogP contribution in [0.5, 0.6) is 0 Å². The Bertz CT molecular complexity index is 1090. The lowest BCUT2D eigenvalue weighted by Crippen LogP contribution is -2.31. The van der Waals surface area contributed by atoms with Crippen LogP contribution in [0, 0.1) is 0 Å². The highest BCUT2D eigenvalue weighted by Gasteiger charge is 2.25. The summed E-state index contributed by atoms with van der Waals surface area (Å²) in [6.07, 6.45) is 2.83. The first-order valence-corrected chi connectivity index (χ1v) is 10.2. The van der Waals surface area contributed by atoms with Crippen molar-refractivity contribution in [3.63, 3.8) is 0 Å². The fraction of sp³-hybridized carbons (Fsp3) is 0.0588. The summed E-state index contributed by atoms with van der Waals surface area (Å²) in [7, 11) is -4.26. The molecule has 0 aliphatic heterocycles. The molecule has 1 amide bonds. The maximum absolute atomic E-state index is 12.4. The second-order valence-corrected chi connectivity index (χ2v) is 8.35. The van der Waals surface area contributed by atoms with Gasteiger partial charge < -0.3 is 4.57 Å². The maximum Gasteiger partial charge on any atom is 0.285 e. The van der Waals surface area contributed by atoms with Gasteiger partial charge in [0.1, 0.15) is 10.6 Å². The lowest BCUT2D eigenvalue weighted by Gasteiger charge is -2.09. The summed E-state index contributed by atoms with van der Waals surface area (Å²) in [6, 6.07) is 11.5. The van der Waals surface area contributed by atoms with Crippen LogP contribution in [0.1, 0.15) is 16.1 Å². The molecule has 1 N–H and O–H groups in total. The Morgan fingerprint density at radius 2 is 1.63 bits per heavy atom. The molecule has 10 heteroatoms. The van der Waals surface area contributed by atoms with Gasteiger partial charge in [0.05, 0.1) is 16.4 Å². The van der Waals surface area contributed by atoms with Crippen molar-refractivity contribution in [3.05, 3.63) is 81.3 Å². The molecule has 0 radical (unpaired) electrons. The van der Waals surface area contributed by atoms with Gasteiger partial charge in [-0.05, 0) is 23.8 Å². The molecule has 27 heavy (non-hydrogen) atoms. The molecular formula is C17H12Cl3N3O3S. The summed E-state index contributed by atoms with van der Waals surface area (Å²) in [4.78, 5) is 15.9. The molecule has 1 aromatic heterocycles. The first-order valence-electron chi connectivity index (χ1n) is 7.54. The molecule has 0 spiro atoms. The first kappa shape index (κ1) is 19.7. The van der Waals surface area contributed by atoms with E-state index < -0.39 is 15.9 Å². The largest absolute Gasteiger partial charge is 0.332 e. The third kappa shape index (κ3) is 4.44. The molecule has 1 heterocycles. The van der Waals surface area contributed by atoms with E-state index in [0.717, 1.165) is 5.56 Å². The van der Waals surface area contributed by atoms with Gasteiger partial charge in [0.25, 0.3) is 15.9 Å². The van der Waals surface area contributed by atoms with Gasteiger partial charge in [0.15, 0.2) is 0 Å². The number of carbonyl (C=O) groups excluding carboxylic acids is 1. The number of nitrogens with one attached hydrogen (secondary N) is 1. The second kappa shape index (κ2) is 7.90. The van der Waals surface area contributed by atoms with Gasteiger partial charge in [-0.2, -0.15) is 0 Å². The molecule has 0 saturated carbocycles. The molecular weight excluding hydrogens is 433 g/mol. The van der Waals surface area contributed by atoms with Gasteiger partial charge in [-0.25, -0.2) is 18.1 Å². The van der Waals surface area contributed by atoms with Crippen molar-refractivity contribution < 1.29 is 13.2 Å². The Hall–Kier alpha value is -2.06. The summed E-state index contributed by atoms with van der Waals surface area (Å²) in [5, 5.41) is 0.396. The van der Waals surface area contributed by atoms with Crippen molar-refractivity contribution in [3.8, 4) is 0 Å². The van der Waals surface area contributed by atoms with Crippen molar-refractivity contribution in [2.75, 3.05) is 0 Å².